The summed E-state index contributed by atoms with van der Waals surface area (Å²) in [5.74, 6) is -0.527. The fraction of sp³-hybridized carbons (Fsp3) is 0.417. The van der Waals surface area contributed by atoms with Crippen molar-refractivity contribution in [1.29, 1.82) is 0 Å². The Morgan fingerprint density at radius 1 is 1.50 bits per heavy atom. The predicted octanol–water partition coefficient (Wildman–Crippen LogP) is 1.44. The molecule has 4 heteroatoms. The lowest BCUT2D eigenvalue weighted by molar-refractivity contribution is -0.142. The van der Waals surface area contributed by atoms with E-state index in [-0.39, 0.29) is 11.8 Å². The Labute approximate surface area is 94.1 Å². The van der Waals surface area contributed by atoms with E-state index < -0.39 is 5.97 Å². The molecule has 1 saturated heterocycles. The summed E-state index contributed by atoms with van der Waals surface area (Å²) in [6, 6.07) is 6.59. The van der Waals surface area contributed by atoms with Crippen LogP contribution in [-0.4, -0.2) is 33.7 Å². The predicted molar refractivity (Wildman–Crippen MR) is 59.2 cm³/mol. The fourth-order valence-corrected chi connectivity index (χ4v) is 2.18. The zero-order valence-electron chi connectivity index (χ0n) is 8.97. The maximum Gasteiger partial charge on any atom is 0.320 e. The first-order valence-electron chi connectivity index (χ1n) is 5.41. The number of carboxylic acids is 1. The summed E-state index contributed by atoms with van der Waals surface area (Å²) in [5.41, 5.74) is 0.952. The van der Waals surface area contributed by atoms with E-state index >= 15 is 0 Å². The lowest BCUT2D eigenvalue weighted by Crippen LogP contribution is -2.35. The minimum Gasteiger partial charge on any atom is -0.508 e. The first kappa shape index (κ1) is 11.0. The molecule has 0 aliphatic carbocycles. The highest BCUT2D eigenvalue weighted by Crippen LogP contribution is 2.21. The molecule has 1 fully saturated rings. The summed E-state index contributed by atoms with van der Waals surface area (Å²) in [6.45, 7) is 1.40. The molecule has 16 heavy (non-hydrogen) atoms. The molecule has 1 aromatic rings. The van der Waals surface area contributed by atoms with Gasteiger partial charge in [-0.05, 0) is 37.1 Å². The molecule has 0 saturated carbocycles. The number of phenols is 1. The number of hydrogen-bond donors (Lipinski definition) is 2. The maximum atomic E-state index is 11.0. The number of carboxylic acid groups (broad SMARTS) is 1. The van der Waals surface area contributed by atoms with E-state index in [9.17, 15) is 9.90 Å². The number of nitrogens with zero attached hydrogens (tertiary/aromatic N) is 1. The van der Waals surface area contributed by atoms with Gasteiger partial charge < -0.3 is 10.2 Å². The molecule has 2 rings (SSSR count). The number of benzene rings is 1. The van der Waals surface area contributed by atoms with Crippen LogP contribution in [0.15, 0.2) is 24.3 Å². The highest BCUT2D eigenvalue weighted by Gasteiger charge is 2.30. The fourth-order valence-electron chi connectivity index (χ4n) is 2.18. The number of rotatable bonds is 3. The lowest BCUT2D eigenvalue weighted by atomic mass is 10.2. The van der Waals surface area contributed by atoms with Gasteiger partial charge >= 0.3 is 5.97 Å². The lowest BCUT2D eigenvalue weighted by Gasteiger charge is -2.20. The van der Waals surface area contributed by atoms with Crippen LogP contribution >= 0.6 is 0 Å². The van der Waals surface area contributed by atoms with Crippen LogP contribution in [0.5, 0.6) is 5.75 Å². The summed E-state index contributed by atoms with van der Waals surface area (Å²) >= 11 is 0. The number of phenolic OH excluding ortho intramolecular Hbond substituents is 1. The Balaban J connectivity index is 2.06. The molecule has 0 aromatic heterocycles. The van der Waals surface area contributed by atoms with E-state index in [1.807, 2.05) is 11.0 Å². The third-order valence-corrected chi connectivity index (χ3v) is 2.94. The molecule has 0 radical (unpaired) electrons. The largest absolute Gasteiger partial charge is 0.508 e. The van der Waals surface area contributed by atoms with Gasteiger partial charge in [-0.1, -0.05) is 12.1 Å². The van der Waals surface area contributed by atoms with E-state index in [1.165, 1.54) is 0 Å². The summed E-state index contributed by atoms with van der Waals surface area (Å²) in [4.78, 5) is 12.9. The van der Waals surface area contributed by atoms with Gasteiger partial charge in [0.2, 0.25) is 0 Å². The molecule has 86 valence electrons. The third kappa shape index (κ3) is 2.33. The highest BCUT2D eigenvalue weighted by molar-refractivity contribution is 5.73. The second-order valence-corrected chi connectivity index (χ2v) is 4.14. The standard InChI is InChI=1S/C12H15NO3/c14-10-4-1-3-9(7-10)8-13-6-2-5-11(13)12(15)16/h1,3-4,7,11,14H,2,5-6,8H2,(H,15,16). The number of hydrogen-bond acceptors (Lipinski definition) is 3. The summed E-state index contributed by atoms with van der Waals surface area (Å²) in [6.07, 6.45) is 1.64. The van der Waals surface area contributed by atoms with E-state index in [1.54, 1.807) is 18.2 Å². The Morgan fingerprint density at radius 3 is 3.00 bits per heavy atom. The van der Waals surface area contributed by atoms with Gasteiger partial charge in [-0.3, -0.25) is 9.69 Å². The quantitative estimate of drug-likeness (QED) is 0.810. The van der Waals surface area contributed by atoms with Gasteiger partial charge in [0.15, 0.2) is 0 Å². The van der Waals surface area contributed by atoms with Crippen molar-refractivity contribution in [3.05, 3.63) is 29.8 Å². The molecule has 1 unspecified atom stereocenters. The normalized spacial score (nSPS) is 21.1. The first-order chi connectivity index (χ1) is 7.66. The summed E-state index contributed by atoms with van der Waals surface area (Å²) in [7, 11) is 0. The van der Waals surface area contributed by atoms with Crippen molar-refractivity contribution >= 4 is 5.97 Å². The number of aliphatic carboxylic acids is 1. The van der Waals surface area contributed by atoms with Gasteiger partial charge in [0.25, 0.3) is 0 Å². The molecule has 1 aliphatic heterocycles. The molecular weight excluding hydrogens is 206 g/mol. The molecule has 2 N–H and O–H groups in total. The molecule has 4 nitrogen and oxygen atoms in total. The van der Waals surface area contributed by atoms with Crippen molar-refractivity contribution in [2.24, 2.45) is 0 Å². The molecule has 1 aliphatic rings. The van der Waals surface area contributed by atoms with Crippen molar-refractivity contribution in [1.82, 2.24) is 4.90 Å². The second-order valence-electron chi connectivity index (χ2n) is 4.14. The molecule has 1 aromatic carbocycles. The molecule has 0 amide bonds. The zero-order valence-corrected chi connectivity index (χ0v) is 8.97. The van der Waals surface area contributed by atoms with Gasteiger partial charge in [-0.25, -0.2) is 0 Å². The molecule has 0 bridgehead atoms. The van der Waals surface area contributed by atoms with Crippen molar-refractivity contribution in [2.75, 3.05) is 6.54 Å². The average Bonchev–Trinajstić information content (AvgIpc) is 2.66. The molecule has 0 spiro atoms. The van der Waals surface area contributed by atoms with Crippen molar-refractivity contribution in [3.8, 4) is 5.75 Å². The summed E-state index contributed by atoms with van der Waals surface area (Å²) < 4.78 is 0. The molecule has 1 heterocycles. The van der Waals surface area contributed by atoms with Gasteiger partial charge in [0.05, 0.1) is 0 Å². The van der Waals surface area contributed by atoms with Gasteiger partial charge in [0.1, 0.15) is 11.8 Å². The van der Waals surface area contributed by atoms with Crippen LogP contribution in [0.25, 0.3) is 0 Å². The molecule has 1 atom stereocenters. The minimum atomic E-state index is -0.752. The van der Waals surface area contributed by atoms with Gasteiger partial charge in [-0.15, -0.1) is 0 Å². The zero-order chi connectivity index (χ0) is 11.5. The van der Waals surface area contributed by atoms with Crippen LogP contribution in [0.2, 0.25) is 0 Å². The Kier molecular flexibility index (Phi) is 3.10. The smallest absolute Gasteiger partial charge is 0.320 e. The van der Waals surface area contributed by atoms with Crippen LogP contribution < -0.4 is 0 Å². The maximum absolute atomic E-state index is 11.0. The second kappa shape index (κ2) is 4.53. The minimum absolute atomic E-state index is 0.226. The van der Waals surface area contributed by atoms with Crippen molar-refractivity contribution in [3.63, 3.8) is 0 Å². The Bertz CT molecular complexity index is 392. The topological polar surface area (TPSA) is 60.8 Å². The van der Waals surface area contributed by atoms with Crippen molar-refractivity contribution in [2.45, 2.75) is 25.4 Å². The first-order valence-corrected chi connectivity index (χ1v) is 5.41. The van der Waals surface area contributed by atoms with E-state index in [2.05, 4.69) is 0 Å². The Morgan fingerprint density at radius 2 is 2.31 bits per heavy atom. The van der Waals surface area contributed by atoms with Gasteiger partial charge in [0, 0.05) is 6.54 Å². The van der Waals surface area contributed by atoms with Gasteiger partial charge in [-0.2, -0.15) is 0 Å². The van der Waals surface area contributed by atoms with Crippen LogP contribution in [-0.2, 0) is 11.3 Å². The Hall–Kier alpha value is -1.55. The summed E-state index contributed by atoms with van der Waals surface area (Å²) in [5, 5.41) is 18.4. The van der Waals surface area contributed by atoms with E-state index in [4.69, 9.17) is 5.11 Å². The number of aromatic hydroxyl groups is 1. The highest BCUT2D eigenvalue weighted by atomic mass is 16.4. The van der Waals surface area contributed by atoms with Crippen LogP contribution in [0, 0.1) is 0 Å². The van der Waals surface area contributed by atoms with E-state index in [0.29, 0.717) is 13.0 Å². The van der Waals surface area contributed by atoms with Crippen LogP contribution in [0.4, 0.5) is 0 Å². The number of carbonyl (C=O) groups is 1. The molecular formula is C12H15NO3. The number of likely N-dealkylation sites (tertiary alicyclic amines) is 1. The monoisotopic (exact) mass is 221 g/mol. The van der Waals surface area contributed by atoms with Crippen LogP contribution in [0.1, 0.15) is 18.4 Å². The average molecular weight is 221 g/mol. The SMILES string of the molecule is O=C(O)C1CCCN1Cc1cccc(O)c1. The van der Waals surface area contributed by atoms with Crippen LogP contribution in [0.3, 0.4) is 0 Å². The van der Waals surface area contributed by atoms with E-state index in [0.717, 1.165) is 18.5 Å². The third-order valence-electron chi connectivity index (χ3n) is 2.94. The van der Waals surface area contributed by atoms with Crippen molar-refractivity contribution < 1.29 is 15.0 Å².